The molecule has 2 heterocycles. The molecule has 3 rings (SSSR count). The third-order valence-corrected chi connectivity index (χ3v) is 3.90. The van der Waals surface area contributed by atoms with Gasteiger partial charge in [-0.1, -0.05) is 15.9 Å². The number of piperidine rings is 1. The van der Waals surface area contributed by atoms with Crippen LogP contribution in [0.2, 0.25) is 0 Å². The lowest BCUT2D eigenvalue weighted by Crippen LogP contribution is -2.29. The number of rotatable bonds is 1. The summed E-state index contributed by atoms with van der Waals surface area (Å²) in [5.74, 6) is 1.61. The Morgan fingerprint density at radius 2 is 2.29 bits per heavy atom. The van der Waals surface area contributed by atoms with Gasteiger partial charge in [-0.25, -0.2) is 0 Å². The Morgan fingerprint density at radius 3 is 3.12 bits per heavy atom. The van der Waals surface area contributed by atoms with E-state index in [9.17, 15) is 0 Å². The fourth-order valence-corrected chi connectivity index (χ4v) is 3.15. The lowest BCUT2D eigenvalue weighted by Gasteiger charge is -2.28. The summed E-state index contributed by atoms with van der Waals surface area (Å²) in [5, 5.41) is 3.46. The highest BCUT2D eigenvalue weighted by atomic mass is 79.9. The van der Waals surface area contributed by atoms with Gasteiger partial charge < -0.3 is 14.8 Å². The molecule has 0 aromatic heterocycles. The molecular weight excluding hydrogens is 282 g/mol. The lowest BCUT2D eigenvalue weighted by atomic mass is 9.89. The van der Waals surface area contributed by atoms with Crippen LogP contribution in [0, 0.1) is 0 Å². The molecule has 0 spiro atoms. The van der Waals surface area contributed by atoms with Crippen LogP contribution in [0.3, 0.4) is 0 Å². The zero-order valence-electron chi connectivity index (χ0n) is 9.67. The van der Waals surface area contributed by atoms with E-state index in [1.165, 1.54) is 18.4 Å². The van der Waals surface area contributed by atoms with Crippen molar-refractivity contribution in [1.29, 1.82) is 0 Å². The van der Waals surface area contributed by atoms with Gasteiger partial charge in [0.1, 0.15) is 5.75 Å². The molecule has 0 radical (unpaired) electrons. The van der Waals surface area contributed by atoms with Gasteiger partial charge in [0.2, 0.25) is 0 Å². The summed E-state index contributed by atoms with van der Waals surface area (Å²) >= 11 is 3.58. The largest absolute Gasteiger partial charge is 0.467 e. The van der Waals surface area contributed by atoms with E-state index in [0.717, 1.165) is 28.9 Å². The highest BCUT2D eigenvalue weighted by molar-refractivity contribution is 9.10. The third-order valence-electron chi connectivity index (χ3n) is 3.44. The van der Waals surface area contributed by atoms with Crippen molar-refractivity contribution in [2.24, 2.45) is 0 Å². The summed E-state index contributed by atoms with van der Waals surface area (Å²) in [6.07, 6.45) is 2.47. The lowest BCUT2D eigenvalue weighted by molar-refractivity contribution is -0.0173. The number of halogens is 1. The van der Waals surface area contributed by atoms with Crippen molar-refractivity contribution in [2.75, 3.05) is 19.9 Å². The van der Waals surface area contributed by atoms with Crippen LogP contribution in [-0.2, 0) is 11.3 Å². The van der Waals surface area contributed by atoms with Crippen molar-refractivity contribution >= 4 is 15.9 Å². The highest BCUT2D eigenvalue weighted by Crippen LogP contribution is 2.38. The fraction of sp³-hybridized carbons (Fsp3) is 0.538. The van der Waals surface area contributed by atoms with E-state index in [2.05, 4.69) is 33.4 Å². The van der Waals surface area contributed by atoms with Gasteiger partial charge in [-0.05, 0) is 31.5 Å². The Hall–Kier alpha value is -0.580. The Bertz CT molecular complexity index is 416. The molecule has 0 bridgehead atoms. The van der Waals surface area contributed by atoms with Crippen molar-refractivity contribution in [3.8, 4) is 5.75 Å². The van der Waals surface area contributed by atoms with Crippen LogP contribution >= 0.6 is 15.9 Å². The van der Waals surface area contributed by atoms with Crippen LogP contribution in [0.4, 0.5) is 0 Å². The van der Waals surface area contributed by atoms with Crippen LogP contribution in [0.5, 0.6) is 5.75 Å². The maximum Gasteiger partial charge on any atom is 0.189 e. The Labute approximate surface area is 110 Å². The minimum atomic E-state index is 0.377. The third kappa shape index (κ3) is 2.34. The monoisotopic (exact) mass is 297 g/mol. The summed E-state index contributed by atoms with van der Waals surface area (Å²) in [6, 6.07) is 4.29. The second-order valence-electron chi connectivity index (χ2n) is 4.64. The molecular formula is C13H16BrNO2. The molecule has 0 saturated carbocycles. The average molecular weight is 298 g/mol. The van der Waals surface area contributed by atoms with Gasteiger partial charge in [-0.3, -0.25) is 0 Å². The van der Waals surface area contributed by atoms with Gasteiger partial charge >= 0.3 is 0 Å². The second-order valence-corrected chi connectivity index (χ2v) is 5.55. The van der Waals surface area contributed by atoms with Crippen LogP contribution in [0.25, 0.3) is 0 Å². The number of benzene rings is 1. The first-order valence-corrected chi connectivity index (χ1v) is 6.87. The minimum Gasteiger partial charge on any atom is -0.467 e. The van der Waals surface area contributed by atoms with Gasteiger partial charge in [0.15, 0.2) is 6.79 Å². The van der Waals surface area contributed by atoms with Crippen LogP contribution in [0.1, 0.15) is 29.9 Å². The standard InChI is InChI=1S/C13H16BrNO2/c14-11-4-10-7-16-8-17-13(10)12(5-11)9-2-1-3-15-6-9/h4-5,9,15H,1-3,6-8H2. The first-order chi connectivity index (χ1) is 8.34. The number of ether oxygens (including phenoxy) is 2. The normalized spacial score (nSPS) is 23.9. The highest BCUT2D eigenvalue weighted by Gasteiger charge is 2.23. The van der Waals surface area contributed by atoms with Gasteiger partial charge in [0.05, 0.1) is 6.61 Å². The molecule has 92 valence electrons. The quantitative estimate of drug-likeness (QED) is 0.865. The fourth-order valence-electron chi connectivity index (χ4n) is 2.63. The average Bonchev–Trinajstić information content (AvgIpc) is 2.39. The van der Waals surface area contributed by atoms with Crippen molar-refractivity contribution in [1.82, 2.24) is 5.32 Å². The molecule has 1 fully saturated rings. The van der Waals surface area contributed by atoms with Crippen LogP contribution in [-0.4, -0.2) is 19.9 Å². The summed E-state index contributed by atoms with van der Waals surface area (Å²) in [6.45, 7) is 3.22. The zero-order valence-corrected chi connectivity index (χ0v) is 11.3. The van der Waals surface area contributed by atoms with Gasteiger partial charge in [-0.15, -0.1) is 0 Å². The molecule has 1 atom stereocenters. The Kier molecular flexibility index (Phi) is 3.36. The molecule has 1 aromatic rings. The summed E-state index contributed by atoms with van der Waals surface area (Å²) in [7, 11) is 0. The van der Waals surface area contributed by atoms with Crippen molar-refractivity contribution in [3.05, 3.63) is 27.7 Å². The first-order valence-electron chi connectivity index (χ1n) is 6.08. The van der Waals surface area contributed by atoms with Gasteiger partial charge in [0.25, 0.3) is 0 Å². The maximum atomic E-state index is 5.69. The molecule has 4 heteroatoms. The molecule has 2 aliphatic heterocycles. The molecule has 1 N–H and O–H groups in total. The first kappa shape index (κ1) is 11.5. The number of fused-ring (bicyclic) bond motifs is 1. The van der Waals surface area contributed by atoms with E-state index in [1.54, 1.807) is 0 Å². The van der Waals surface area contributed by atoms with E-state index in [1.807, 2.05) is 0 Å². The Morgan fingerprint density at radius 1 is 1.35 bits per heavy atom. The van der Waals surface area contributed by atoms with E-state index in [4.69, 9.17) is 9.47 Å². The summed E-state index contributed by atoms with van der Waals surface area (Å²) in [4.78, 5) is 0. The van der Waals surface area contributed by atoms with Crippen molar-refractivity contribution in [3.63, 3.8) is 0 Å². The summed E-state index contributed by atoms with van der Waals surface area (Å²) in [5.41, 5.74) is 2.48. The molecule has 1 unspecified atom stereocenters. The molecule has 1 aromatic carbocycles. The van der Waals surface area contributed by atoms with Crippen LogP contribution < -0.4 is 10.1 Å². The van der Waals surface area contributed by atoms with Crippen molar-refractivity contribution < 1.29 is 9.47 Å². The Balaban J connectivity index is 1.98. The van der Waals surface area contributed by atoms with E-state index >= 15 is 0 Å². The van der Waals surface area contributed by atoms with E-state index < -0.39 is 0 Å². The predicted octanol–water partition coefficient (Wildman–Crippen LogP) is 2.78. The topological polar surface area (TPSA) is 30.5 Å². The molecule has 0 aliphatic carbocycles. The molecule has 3 nitrogen and oxygen atoms in total. The molecule has 17 heavy (non-hydrogen) atoms. The molecule has 0 amide bonds. The maximum absolute atomic E-state index is 5.69. The number of hydrogen-bond donors (Lipinski definition) is 1. The minimum absolute atomic E-state index is 0.377. The number of hydrogen-bond acceptors (Lipinski definition) is 3. The molecule has 2 aliphatic rings. The van der Waals surface area contributed by atoms with Crippen LogP contribution in [0.15, 0.2) is 16.6 Å². The second kappa shape index (κ2) is 4.96. The zero-order chi connectivity index (χ0) is 11.7. The predicted molar refractivity (Wildman–Crippen MR) is 69.3 cm³/mol. The van der Waals surface area contributed by atoms with Gasteiger partial charge in [-0.2, -0.15) is 0 Å². The SMILES string of the molecule is Brc1cc2c(c(C3CCCNC3)c1)OCOC2. The number of nitrogens with one attached hydrogen (secondary N) is 1. The smallest absolute Gasteiger partial charge is 0.189 e. The van der Waals surface area contributed by atoms with E-state index in [0.29, 0.717) is 19.3 Å². The summed E-state index contributed by atoms with van der Waals surface area (Å²) < 4.78 is 12.1. The van der Waals surface area contributed by atoms with E-state index in [-0.39, 0.29) is 0 Å². The molecule has 1 saturated heterocycles. The van der Waals surface area contributed by atoms with Gasteiger partial charge in [0, 0.05) is 28.1 Å². The van der Waals surface area contributed by atoms with Crippen molar-refractivity contribution in [2.45, 2.75) is 25.4 Å².